The van der Waals surface area contributed by atoms with Crippen LogP contribution in [0.25, 0.3) is 10.9 Å². The zero-order valence-electron chi connectivity index (χ0n) is 10.3. The Morgan fingerprint density at radius 3 is 3.00 bits per heavy atom. The second-order valence-electron chi connectivity index (χ2n) is 5.10. The average molecular weight is 264 g/mol. The van der Waals surface area contributed by atoms with E-state index in [1.54, 1.807) is 0 Å². The summed E-state index contributed by atoms with van der Waals surface area (Å²) in [6.45, 7) is 2.94. The summed E-state index contributed by atoms with van der Waals surface area (Å²) in [7, 11) is 0. The van der Waals surface area contributed by atoms with Crippen molar-refractivity contribution in [3.05, 3.63) is 35.0 Å². The zero-order chi connectivity index (χ0) is 12.5. The van der Waals surface area contributed by atoms with Crippen molar-refractivity contribution in [1.29, 1.82) is 0 Å². The molecule has 1 aliphatic rings. The summed E-state index contributed by atoms with van der Waals surface area (Å²) in [4.78, 5) is 5.79. The third-order valence-electron chi connectivity index (χ3n) is 3.64. The van der Waals surface area contributed by atoms with Crippen LogP contribution in [0, 0.1) is 0 Å². The van der Waals surface area contributed by atoms with Crippen LogP contribution in [-0.4, -0.2) is 29.0 Å². The predicted octanol–water partition coefficient (Wildman–Crippen LogP) is 2.74. The van der Waals surface area contributed by atoms with Crippen LogP contribution >= 0.6 is 11.6 Å². The van der Waals surface area contributed by atoms with E-state index in [0.717, 1.165) is 47.7 Å². The van der Waals surface area contributed by atoms with Gasteiger partial charge in [-0.3, -0.25) is 4.90 Å². The number of likely N-dealkylation sites (tertiary alicyclic amines) is 1. The number of para-hydroxylation sites is 1. The Labute approximate surface area is 112 Å². The number of rotatable bonds is 2. The maximum atomic E-state index is 6.42. The molecule has 0 amide bonds. The van der Waals surface area contributed by atoms with Gasteiger partial charge in [-0.1, -0.05) is 29.8 Å². The van der Waals surface area contributed by atoms with Crippen molar-refractivity contribution in [1.82, 2.24) is 9.88 Å². The van der Waals surface area contributed by atoms with Gasteiger partial charge in [-0.2, -0.15) is 0 Å². The van der Waals surface area contributed by atoms with Gasteiger partial charge in [0, 0.05) is 35.7 Å². The number of hydrogen-bond acceptors (Lipinski definition) is 2. The maximum Gasteiger partial charge on any atom is 0.0705 e. The van der Waals surface area contributed by atoms with Gasteiger partial charge in [0.25, 0.3) is 0 Å². The van der Waals surface area contributed by atoms with Crippen LogP contribution in [0.5, 0.6) is 0 Å². The lowest BCUT2D eigenvalue weighted by Gasteiger charge is -2.30. The van der Waals surface area contributed by atoms with E-state index in [1.165, 1.54) is 6.42 Å². The lowest BCUT2D eigenvalue weighted by molar-refractivity contribution is 0.200. The van der Waals surface area contributed by atoms with Crippen molar-refractivity contribution >= 4 is 22.5 Å². The molecule has 0 spiro atoms. The number of benzene rings is 1. The minimum absolute atomic E-state index is 0.307. The summed E-state index contributed by atoms with van der Waals surface area (Å²) >= 11 is 6.42. The summed E-state index contributed by atoms with van der Waals surface area (Å²) in [6, 6.07) is 8.46. The van der Waals surface area contributed by atoms with Crippen LogP contribution in [0.4, 0.5) is 0 Å². The van der Waals surface area contributed by atoms with Gasteiger partial charge in [0.2, 0.25) is 0 Å². The molecule has 0 radical (unpaired) electrons. The number of fused-ring (bicyclic) bond motifs is 1. The Morgan fingerprint density at radius 1 is 1.39 bits per heavy atom. The molecule has 3 nitrogen and oxygen atoms in total. The van der Waals surface area contributed by atoms with Crippen LogP contribution in [0.15, 0.2) is 24.3 Å². The lowest BCUT2D eigenvalue weighted by atomic mass is 10.1. The Bertz CT molecular complexity index is 549. The van der Waals surface area contributed by atoms with Crippen molar-refractivity contribution < 1.29 is 0 Å². The van der Waals surface area contributed by atoms with Gasteiger partial charge in [-0.15, -0.1) is 0 Å². The summed E-state index contributed by atoms with van der Waals surface area (Å²) in [5.41, 5.74) is 8.22. The van der Waals surface area contributed by atoms with Gasteiger partial charge in [0.05, 0.1) is 5.02 Å². The number of H-pyrrole nitrogens is 1. The largest absolute Gasteiger partial charge is 0.356 e. The Kier molecular flexibility index (Phi) is 3.29. The van der Waals surface area contributed by atoms with Crippen molar-refractivity contribution in [2.45, 2.75) is 25.4 Å². The van der Waals surface area contributed by atoms with E-state index in [2.05, 4.69) is 22.0 Å². The van der Waals surface area contributed by atoms with Gasteiger partial charge in [-0.25, -0.2) is 0 Å². The van der Waals surface area contributed by atoms with Gasteiger partial charge < -0.3 is 10.7 Å². The number of aromatic amines is 1. The molecule has 3 rings (SSSR count). The highest BCUT2D eigenvalue weighted by molar-refractivity contribution is 6.36. The van der Waals surface area contributed by atoms with Crippen molar-refractivity contribution in [2.75, 3.05) is 13.1 Å². The molecular formula is C14H18ClN3. The SMILES string of the molecule is NC1CCCN(Cc2[nH]c3ccccc3c2Cl)C1. The summed E-state index contributed by atoms with van der Waals surface area (Å²) < 4.78 is 0. The summed E-state index contributed by atoms with van der Waals surface area (Å²) in [6.07, 6.45) is 2.32. The number of halogens is 1. The summed E-state index contributed by atoms with van der Waals surface area (Å²) in [5.74, 6) is 0. The normalized spacial score (nSPS) is 21.6. The highest BCUT2D eigenvalue weighted by Crippen LogP contribution is 2.28. The van der Waals surface area contributed by atoms with Crippen molar-refractivity contribution in [3.63, 3.8) is 0 Å². The highest BCUT2D eigenvalue weighted by atomic mass is 35.5. The molecule has 1 atom stereocenters. The molecule has 1 aliphatic heterocycles. The lowest BCUT2D eigenvalue weighted by Crippen LogP contribution is -2.42. The molecule has 18 heavy (non-hydrogen) atoms. The van der Waals surface area contributed by atoms with Gasteiger partial charge in [-0.05, 0) is 25.5 Å². The van der Waals surface area contributed by atoms with E-state index in [9.17, 15) is 0 Å². The van der Waals surface area contributed by atoms with E-state index in [-0.39, 0.29) is 0 Å². The molecule has 1 unspecified atom stereocenters. The highest BCUT2D eigenvalue weighted by Gasteiger charge is 2.19. The third-order valence-corrected chi connectivity index (χ3v) is 4.07. The summed E-state index contributed by atoms with van der Waals surface area (Å²) in [5, 5.41) is 1.96. The number of nitrogens with one attached hydrogen (secondary N) is 1. The van der Waals surface area contributed by atoms with Crippen LogP contribution in [-0.2, 0) is 6.54 Å². The Hall–Kier alpha value is -1.03. The minimum atomic E-state index is 0.307. The zero-order valence-corrected chi connectivity index (χ0v) is 11.1. The molecule has 1 aromatic carbocycles. The molecule has 2 aromatic rings. The van der Waals surface area contributed by atoms with E-state index < -0.39 is 0 Å². The molecule has 0 bridgehead atoms. The second-order valence-corrected chi connectivity index (χ2v) is 5.48. The fraction of sp³-hybridized carbons (Fsp3) is 0.429. The third kappa shape index (κ3) is 2.26. The Morgan fingerprint density at radius 2 is 2.22 bits per heavy atom. The molecule has 96 valence electrons. The molecule has 0 saturated carbocycles. The number of piperidine rings is 1. The minimum Gasteiger partial charge on any atom is -0.356 e. The first kappa shape index (κ1) is 12.0. The number of hydrogen-bond donors (Lipinski definition) is 2. The van der Waals surface area contributed by atoms with E-state index in [0.29, 0.717) is 6.04 Å². The van der Waals surface area contributed by atoms with Gasteiger partial charge in [0.15, 0.2) is 0 Å². The molecular weight excluding hydrogens is 246 g/mol. The first-order valence-electron chi connectivity index (χ1n) is 6.47. The smallest absolute Gasteiger partial charge is 0.0705 e. The molecule has 2 heterocycles. The molecule has 1 aromatic heterocycles. The molecule has 4 heteroatoms. The fourth-order valence-corrected chi connectivity index (χ4v) is 3.00. The number of aromatic nitrogens is 1. The Balaban J connectivity index is 1.84. The van der Waals surface area contributed by atoms with Gasteiger partial charge >= 0.3 is 0 Å². The standard InChI is InChI=1S/C14H18ClN3/c15-14-11-5-1-2-6-12(11)17-13(14)9-18-7-3-4-10(16)8-18/h1-2,5-6,10,17H,3-4,7-9,16H2. The monoisotopic (exact) mass is 263 g/mol. The van der Waals surface area contributed by atoms with Crippen LogP contribution in [0.1, 0.15) is 18.5 Å². The topological polar surface area (TPSA) is 45.0 Å². The molecule has 0 aliphatic carbocycles. The number of nitrogens with two attached hydrogens (primary N) is 1. The molecule has 1 saturated heterocycles. The van der Waals surface area contributed by atoms with E-state index >= 15 is 0 Å². The number of nitrogens with zero attached hydrogens (tertiary/aromatic N) is 1. The maximum absolute atomic E-state index is 6.42. The van der Waals surface area contributed by atoms with E-state index in [4.69, 9.17) is 17.3 Å². The first-order valence-corrected chi connectivity index (χ1v) is 6.85. The second kappa shape index (κ2) is 4.92. The molecule has 1 fully saturated rings. The fourth-order valence-electron chi connectivity index (χ4n) is 2.73. The van der Waals surface area contributed by atoms with Crippen LogP contribution in [0.2, 0.25) is 5.02 Å². The van der Waals surface area contributed by atoms with Crippen LogP contribution < -0.4 is 5.73 Å². The predicted molar refractivity (Wildman–Crippen MR) is 75.8 cm³/mol. The quantitative estimate of drug-likeness (QED) is 0.875. The van der Waals surface area contributed by atoms with Crippen LogP contribution in [0.3, 0.4) is 0 Å². The van der Waals surface area contributed by atoms with Crippen molar-refractivity contribution in [2.24, 2.45) is 5.73 Å². The molecule has 3 N–H and O–H groups in total. The van der Waals surface area contributed by atoms with Crippen molar-refractivity contribution in [3.8, 4) is 0 Å². The van der Waals surface area contributed by atoms with E-state index in [1.807, 2.05) is 12.1 Å². The average Bonchev–Trinajstić information content (AvgIpc) is 2.67. The first-order chi connectivity index (χ1) is 8.74. The van der Waals surface area contributed by atoms with Gasteiger partial charge in [0.1, 0.15) is 0 Å².